The van der Waals surface area contributed by atoms with Gasteiger partial charge in [0.25, 0.3) is 5.91 Å². The predicted octanol–water partition coefficient (Wildman–Crippen LogP) is 5.30. The van der Waals surface area contributed by atoms with E-state index in [-0.39, 0.29) is 5.91 Å². The molecule has 1 amide bonds. The number of rotatable bonds is 3. The van der Waals surface area contributed by atoms with Gasteiger partial charge in [0.15, 0.2) is 5.16 Å². The largest absolute Gasteiger partial charge is 0.334 e. The first-order chi connectivity index (χ1) is 13.5. The van der Waals surface area contributed by atoms with Crippen LogP contribution < -0.4 is 9.80 Å². The Kier molecular flexibility index (Phi) is 5.19. The molecule has 0 saturated heterocycles. The van der Waals surface area contributed by atoms with E-state index in [4.69, 9.17) is 23.2 Å². The molecule has 2 heterocycles. The summed E-state index contributed by atoms with van der Waals surface area (Å²) >= 11 is 14.4. The van der Waals surface area contributed by atoms with E-state index in [1.54, 1.807) is 29.3 Å². The number of fused-ring (bicyclic) bond motifs is 1. The Morgan fingerprint density at radius 3 is 2.36 bits per heavy atom. The van der Waals surface area contributed by atoms with Crippen molar-refractivity contribution in [2.24, 2.45) is 0 Å². The lowest BCUT2D eigenvalue weighted by Crippen LogP contribution is -2.49. The number of para-hydroxylation sites is 1. The molecule has 1 aliphatic rings. The second-order valence-electron chi connectivity index (χ2n) is 6.23. The number of anilines is 2. The van der Waals surface area contributed by atoms with Gasteiger partial charge >= 0.3 is 0 Å². The third-order valence-corrected chi connectivity index (χ3v) is 5.77. The zero-order valence-electron chi connectivity index (χ0n) is 15.1. The van der Waals surface area contributed by atoms with Gasteiger partial charge in [0.2, 0.25) is 0 Å². The minimum atomic E-state index is -0.455. The highest BCUT2D eigenvalue weighted by atomic mass is 35.5. The summed E-state index contributed by atoms with van der Waals surface area (Å²) in [5.74, 6) is 0.335. The average molecular weight is 431 g/mol. The Labute approximate surface area is 177 Å². The highest BCUT2D eigenvalue weighted by Crippen LogP contribution is 2.44. The molecule has 1 aromatic heterocycles. The molecule has 0 radical (unpaired) electrons. The molecule has 0 bridgehead atoms. The minimum absolute atomic E-state index is 0.246. The molecule has 8 heteroatoms. The number of halogens is 2. The first-order valence-electron chi connectivity index (χ1n) is 8.49. The fraction of sp³-hybridized carbons (Fsp3) is 0.150. The molecule has 1 unspecified atom stereocenters. The molecule has 28 heavy (non-hydrogen) atoms. The Balaban J connectivity index is 1.97. The molecule has 0 fully saturated rings. The van der Waals surface area contributed by atoms with Gasteiger partial charge in [0.05, 0.1) is 15.7 Å². The summed E-state index contributed by atoms with van der Waals surface area (Å²) in [7, 11) is 1.90. The molecule has 5 nitrogen and oxygen atoms in total. The quantitative estimate of drug-likeness (QED) is 0.416. The number of nitrogens with zero attached hydrogens (tertiary/aromatic N) is 4. The monoisotopic (exact) mass is 430 g/mol. The number of benzene rings is 2. The molecule has 0 spiro atoms. The molecule has 0 N–H and O–H groups in total. The first-order valence-corrected chi connectivity index (χ1v) is 10.5. The van der Waals surface area contributed by atoms with Crippen molar-refractivity contribution in [1.29, 1.82) is 0 Å². The van der Waals surface area contributed by atoms with Gasteiger partial charge in [0, 0.05) is 13.2 Å². The molecule has 0 saturated carbocycles. The number of thioether (sulfide) groups is 1. The van der Waals surface area contributed by atoms with Crippen molar-refractivity contribution in [3.8, 4) is 0 Å². The standard InChI is InChI=1S/C20H16Cl2N4OS/c1-25-17-13(11-23-20(24-17)28-2)19(27)26(16-14(21)9-6-10-15(16)22)18(25)12-7-4-3-5-8-12/h3-11,18H,1-2H3. The second kappa shape index (κ2) is 7.62. The molecule has 3 aromatic rings. The normalized spacial score (nSPS) is 16.3. The maximum Gasteiger partial charge on any atom is 0.265 e. The van der Waals surface area contributed by atoms with Crippen molar-refractivity contribution >= 4 is 52.4 Å². The number of amides is 1. The number of carbonyl (C=O) groups excluding carboxylic acids is 1. The van der Waals surface area contributed by atoms with Gasteiger partial charge in [-0.1, -0.05) is 71.4 Å². The van der Waals surface area contributed by atoms with Gasteiger partial charge in [-0.15, -0.1) is 0 Å². The zero-order valence-corrected chi connectivity index (χ0v) is 17.5. The Hall–Kier alpha value is -2.28. The van der Waals surface area contributed by atoms with Crippen LogP contribution in [0.25, 0.3) is 0 Å². The first kappa shape index (κ1) is 19.1. The topological polar surface area (TPSA) is 49.3 Å². The summed E-state index contributed by atoms with van der Waals surface area (Å²) in [6.45, 7) is 0. The number of aromatic nitrogens is 2. The van der Waals surface area contributed by atoms with Crippen molar-refractivity contribution in [1.82, 2.24) is 9.97 Å². The molecule has 2 aromatic carbocycles. The van der Waals surface area contributed by atoms with E-state index in [1.807, 2.05) is 48.5 Å². The highest BCUT2D eigenvalue weighted by molar-refractivity contribution is 7.98. The third-order valence-electron chi connectivity index (χ3n) is 4.60. The van der Waals surface area contributed by atoms with E-state index in [0.29, 0.717) is 32.3 Å². The zero-order chi connectivity index (χ0) is 19.8. The van der Waals surface area contributed by atoms with Gasteiger partial charge < -0.3 is 4.90 Å². The Bertz CT molecular complexity index is 1030. The van der Waals surface area contributed by atoms with Crippen LogP contribution in [-0.2, 0) is 0 Å². The van der Waals surface area contributed by atoms with Crippen molar-refractivity contribution in [3.05, 3.63) is 75.9 Å². The predicted molar refractivity (Wildman–Crippen MR) is 115 cm³/mol. The van der Waals surface area contributed by atoms with Gasteiger partial charge in [-0.2, -0.15) is 0 Å². The van der Waals surface area contributed by atoms with Gasteiger partial charge in [0.1, 0.15) is 17.5 Å². The minimum Gasteiger partial charge on any atom is -0.334 e. The van der Waals surface area contributed by atoms with E-state index in [1.165, 1.54) is 11.8 Å². The maximum atomic E-state index is 13.5. The lowest BCUT2D eigenvalue weighted by molar-refractivity contribution is 0.0968. The summed E-state index contributed by atoms with van der Waals surface area (Å²) < 4.78 is 0. The van der Waals surface area contributed by atoms with Crippen LogP contribution in [0, 0.1) is 0 Å². The van der Waals surface area contributed by atoms with E-state index < -0.39 is 6.17 Å². The molecular weight excluding hydrogens is 415 g/mol. The van der Waals surface area contributed by atoms with Crippen LogP contribution in [0.5, 0.6) is 0 Å². The summed E-state index contributed by atoms with van der Waals surface area (Å²) in [6.07, 6.45) is 3.01. The SMILES string of the molecule is CSc1ncc2c(n1)N(C)C(c1ccccc1)N(c1c(Cl)cccc1Cl)C2=O. The smallest absolute Gasteiger partial charge is 0.265 e. The lowest BCUT2D eigenvalue weighted by atomic mass is 10.0. The van der Waals surface area contributed by atoms with Crippen molar-refractivity contribution in [3.63, 3.8) is 0 Å². The molecule has 1 aliphatic heterocycles. The molecule has 142 valence electrons. The van der Waals surface area contributed by atoms with Gasteiger partial charge in [-0.25, -0.2) is 9.97 Å². The molecule has 1 atom stereocenters. The van der Waals surface area contributed by atoms with E-state index in [9.17, 15) is 4.79 Å². The summed E-state index contributed by atoms with van der Waals surface area (Å²) in [4.78, 5) is 26.0. The van der Waals surface area contributed by atoms with E-state index in [0.717, 1.165) is 5.56 Å². The molecular formula is C20H16Cl2N4OS. The van der Waals surface area contributed by atoms with Gasteiger partial charge in [-0.05, 0) is 24.0 Å². The Morgan fingerprint density at radius 2 is 1.71 bits per heavy atom. The Morgan fingerprint density at radius 1 is 1.04 bits per heavy atom. The van der Waals surface area contributed by atoms with E-state index >= 15 is 0 Å². The van der Waals surface area contributed by atoms with Crippen molar-refractivity contribution < 1.29 is 4.79 Å². The highest BCUT2D eigenvalue weighted by Gasteiger charge is 2.40. The summed E-state index contributed by atoms with van der Waals surface area (Å²) in [6, 6.07) is 14.9. The average Bonchev–Trinajstić information content (AvgIpc) is 2.71. The fourth-order valence-electron chi connectivity index (χ4n) is 3.35. The van der Waals surface area contributed by atoms with E-state index in [2.05, 4.69) is 9.97 Å². The maximum absolute atomic E-state index is 13.5. The van der Waals surface area contributed by atoms with Crippen LogP contribution in [0.4, 0.5) is 11.5 Å². The van der Waals surface area contributed by atoms with Crippen molar-refractivity contribution in [2.45, 2.75) is 11.3 Å². The van der Waals surface area contributed by atoms with Crippen LogP contribution in [0.2, 0.25) is 10.0 Å². The lowest BCUT2D eigenvalue weighted by Gasteiger charge is -2.43. The molecule has 0 aliphatic carbocycles. The third kappa shape index (κ3) is 3.11. The number of hydrogen-bond donors (Lipinski definition) is 0. The van der Waals surface area contributed by atoms with Crippen LogP contribution >= 0.6 is 35.0 Å². The van der Waals surface area contributed by atoms with Crippen LogP contribution in [-0.4, -0.2) is 29.2 Å². The fourth-order valence-corrected chi connectivity index (χ4v) is 4.26. The summed E-state index contributed by atoms with van der Waals surface area (Å²) in [5, 5.41) is 1.41. The van der Waals surface area contributed by atoms with Crippen molar-refractivity contribution in [2.75, 3.05) is 23.1 Å². The number of hydrogen-bond acceptors (Lipinski definition) is 5. The van der Waals surface area contributed by atoms with Crippen LogP contribution in [0.3, 0.4) is 0 Å². The molecule has 4 rings (SSSR count). The summed E-state index contributed by atoms with van der Waals surface area (Å²) in [5.41, 5.74) is 1.80. The number of carbonyl (C=O) groups is 1. The second-order valence-corrected chi connectivity index (χ2v) is 7.82. The van der Waals surface area contributed by atoms with Gasteiger partial charge in [-0.3, -0.25) is 9.69 Å². The van der Waals surface area contributed by atoms with Crippen LogP contribution in [0.15, 0.2) is 59.9 Å². The van der Waals surface area contributed by atoms with Crippen LogP contribution in [0.1, 0.15) is 22.1 Å².